The molecule has 0 amide bonds. The zero-order chi connectivity index (χ0) is 11.2. The van der Waals surface area contributed by atoms with Gasteiger partial charge in [0.25, 0.3) is 0 Å². The molecule has 0 radical (unpaired) electrons. The van der Waals surface area contributed by atoms with Gasteiger partial charge in [-0.2, -0.15) is 25.3 Å². The minimum atomic E-state index is -0.314. The third-order valence-corrected chi connectivity index (χ3v) is 4.31. The van der Waals surface area contributed by atoms with Crippen LogP contribution in [0.1, 0.15) is 20.8 Å². The van der Waals surface area contributed by atoms with Crippen LogP contribution in [-0.4, -0.2) is 29.5 Å². The summed E-state index contributed by atoms with van der Waals surface area (Å²) in [4.78, 5) is 0. The minimum absolute atomic E-state index is 0.192. The van der Waals surface area contributed by atoms with Gasteiger partial charge in [0.05, 0.1) is 29.5 Å². The molecule has 0 aliphatic carbocycles. The Morgan fingerprint density at radius 3 is 2.27 bits per heavy atom. The molecule has 2 heterocycles. The molecule has 2 fully saturated rings. The predicted octanol–water partition coefficient (Wildman–Crippen LogP) is 2.25. The molecule has 0 aromatic heterocycles. The highest BCUT2D eigenvalue weighted by Gasteiger charge is 2.52. The molecule has 0 aromatic carbocycles. The molecule has 2 unspecified atom stereocenters. The molecule has 0 bridgehead atoms. The second-order valence-electron chi connectivity index (χ2n) is 5.20. The zero-order valence-corrected chi connectivity index (χ0v) is 11.3. The van der Waals surface area contributed by atoms with Crippen LogP contribution in [0.5, 0.6) is 0 Å². The number of hydrogen-bond donors (Lipinski definition) is 2. The Hall–Kier alpha value is 0.620. The van der Waals surface area contributed by atoms with Gasteiger partial charge in [0.1, 0.15) is 0 Å². The van der Waals surface area contributed by atoms with Gasteiger partial charge >= 0.3 is 0 Å². The van der Waals surface area contributed by atoms with Gasteiger partial charge in [0.2, 0.25) is 0 Å². The fraction of sp³-hybridized carbons (Fsp3) is 1.00. The van der Waals surface area contributed by atoms with E-state index in [1.807, 2.05) is 6.92 Å². The topological polar surface area (TPSA) is 18.5 Å². The standard InChI is InChI=1S/C11H20O2S2/c1-6(2)7-4-12-10-8(11(3,14)15)5-13-9(7)10/h6-10,14-15H,4-5H2,1-3H3/t7-,8-,9?,10?/m1/s1. The van der Waals surface area contributed by atoms with Crippen LogP contribution < -0.4 is 0 Å². The third kappa shape index (κ3) is 2.19. The quantitative estimate of drug-likeness (QED) is 0.577. The van der Waals surface area contributed by atoms with Gasteiger partial charge < -0.3 is 9.47 Å². The lowest BCUT2D eigenvalue weighted by molar-refractivity contribution is 0.0548. The number of ether oxygens (including phenoxy) is 2. The Morgan fingerprint density at radius 2 is 1.73 bits per heavy atom. The lowest BCUT2D eigenvalue weighted by Gasteiger charge is -2.27. The molecule has 0 spiro atoms. The molecule has 2 aliphatic rings. The zero-order valence-electron chi connectivity index (χ0n) is 9.51. The summed E-state index contributed by atoms with van der Waals surface area (Å²) in [6.07, 6.45) is 0.450. The van der Waals surface area contributed by atoms with Crippen LogP contribution in [0.3, 0.4) is 0 Å². The van der Waals surface area contributed by atoms with E-state index in [0.29, 0.717) is 11.8 Å². The number of rotatable bonds is 2. The average molecular weight is 248 g/mol. The minimum Gasteiger partial charge on any atom is -0.375 e. The maximum atomic E-state index is 5.87. The van der Waals surface area contributed by atoms with Crippen LogP contribution in [0.15, 0.2) is 0 Å². The van der Waals surface area contributed by atoms with E-state index in [9.17, 15) is 0 Å². The SMILES string of the molecule is CC(C)[C@H]1COC2C1OC[C@H]2C(C)(S)S. The second-order valence-corrected chi connectivity index (χ2v) is 7.42. The molecular formula is C11H20O2S2. The van der Waals surface area contributed by atoms with Gasteiger partial charge in [-0.05, 0) is 12.8 Å². The Kier molecular flexibility index (Phi) is 3.33. The molecule has 2 rings (SSSR count). The van der Waals surface area contributed by atoms with E-state index in [2.05, 4.69) is 39.1 Å². The molecule has 15 heavy (non-hydrogen) atoms. The van der Waals surface area contributed by atoms with Crippen LogP contribution in [0, 0.1) is 17.8 Å². The van der Waals surface area contributed by atoms with Gasteiger partial charge in [-0.1, -0.05) is 13.8 Å². The number of fused-ring (bicyclic) bond motifs is 1. The van der Waals surface area contributed by atoms with Gasteiger partial charge in [-0.15, -0.1) is 0 Å². The average Bonchev–Trinajstić information content (AvgIpc) is 2.56. The highest BCUT2D eigenvalue weighted by molar-refractivity contribution is 8.00. The summed E-state index contributed by atoms with van der Waals surface area (Å²) in [6, 6.07) is 0. The van der Waals surface area contributed by atoms with E-state index < -0.39 is 0 Å². The Morgan fingerprint density at radius 1 is 1.13 bits per heavy atom. The lowest BCUT2D eigenvalue weighted by Crippen LogP contribution is -2.35. The normalized spacial score (nSPS) is 41.2. The smallest absolute Gasteiger partial charge is 0.0911 e. The van der Waals surface area contributed by atoms with Crippen LogP contribution >= 0.6 is 25.3 Å². The van der Waals surface area contributed by atoms with E-state index in [1.165, 1.54) is 0 Å². The Bertz CT molecular complexity index is 237. The predicted molar refractivity (Wildman–Crippen MR) is 67.7 cm³/mol. The van der Waals surface area contributed by atoms with Crippen molar-refractivity contribution in [1.29, 1.82) is 0 Å². The molecule has 2 aliphatic heterocycles. The van der Waals surface area contributed by atoms with Crippen molar-refractivity contribution in [3.63, 3.8) is 0 Å². The van der Waals surface area contributed by atoms with Crippen molar-refractivity contribution in [2.75, 3.05) is 13.2 Å². The lowest BCUT2D eigenvalue weighted by atomic mass is 9.88. The molecule has 0 saturated carbocycles. The molecule has 0 aromatic rings. The summed E-state index contributed by atoms with van der Waals surface area (Å²) in [5, 5.41) is 0. The third-order valence-electron chi connectivity index (χ3n) is 3.65. The second kappa shape index (κ2) is 4.13. The van der Waals surface area contributed by atoms with Crippen molar-refractivity contribution in [3.05, 3.63) is 0 Å². The highest BCUT2D eigenvalue weighted by atomic mass is 32.2. The summed E-state index contributed by atoms with van der Waals surface area (Å²) in [5.74, 6) is 1.44. The molecule has 4 heteroatoms. The first-order valence-corrected chi connectivity index (χ1v) is 6.48. The van der Waals surface area contributed by atoms with E-state index in [1.54, 1.807) is 0 Å². The van der Waals surface area contributed by atoms with Crippen LogP contribution in [0.2, 0.25) is 0 Å². The van der Waals surface area contributed by atoms with Crippen molar-refractivity contribution in [3.8, 4) is 0 Å². The number of hydrogen-bond acceptors (Lipinski definition) is 4. The Balaban J connectivity index is 2.09. The van der Waals surface area contributed by atoms with E-state index in [0.717, 1.165) is 13.2 Å². The summed E-state index contributed by atoms with van der Waals surface area (Å²) < 4.78 is 11.4. The summed E-state index contributed by atoms with van der Waals surface area (Å²) in [5.41, 5.74) is 0. The van der Waals surface area contributed by atoms with Gasteiger partial charge in [0.15, 0.2) is 0 Å². The maximum Gasteiger partial charge on any atom is 0.0911 e. The monoisotopic (exact) mass is 248 g/mol. The first kappa shape index (κ1) is 12.1. The molecule has 0 N–H and O–H groups in total. The van der Waals surface area contributed by atoms with Crippen molar-refractivity contribution in [1.82, 2.24) is 0 Å². The summed E-state index contributed by atoms with van der Waals surface area (Å²) >= 11 is 9.03. The fourth-order valence-corrected chi connectivity index (χ4v) is 3.01. The maximum absolute atomic E-state index is 5.87. The van der Waals surface area contributed by atoms with E-state index in [4.69, 9.17) is 9.47 Å². The summed E-state index contributed by atoms with van der Waals surface area (Å²) in [7, 11) is 0. The molecular weight excluding hydrogens is 228 g/mol. The first-order chi connectivity index (χ1) is 6.91. The summed E-state index contributed by atoms with van der Waals surface area (Å²) in [6.45, 7) is 8.02. The van der Waals surface area contributed by atoms with Gasteiger partial charge in [-0.25, -0.2) is 0 Å². The fourth-order valence-electron chi connectivity index (χ4n) is 2.57. The van der Waals surface area contributed by atoms with Crippen LogP contribution in [0.25, 0.3) is 0 Å². The Labute approximate surface area is 103 Å². The van der Waals surface area contributed by atoms with Crippen molar-refractivity contribution in [2.45, 2.75) is 37.1 Å². The molecule has 2 saturated heterocycles. The van der Waals surface area contributed by atoms with Crippen LogP contribution in [0.4, 0.5) is 0 Å². The van der Waals surface area contributed by atoms with Gasteiger partial charge in [0, 0.05) is 11.8 Å². The largest absolute Gasteiger partial charge is 0.375 e. The number of thiol groups is 2. The highest BCUT2D eigenvalue weighted by Crippen LogP contribution is 2.44. The van der Waals surface area contributed by atoms with E-state index in [-0.39, 0.29) is 22.2 Å². The van der Waals surface area contributed by atoms with Crippen LogP contribution in [-0.2, 0) is 9.47 Å². The van der Waals surface area contributed by atoms with E-state index >= 15 is 0 Å². The van der Waals surface area contributed by atoms with Gasteiger partial charge in [-0.3, -0.25) is 0 Å². The van der Waals surface area contributed by atoms with Crippen molar-refractivity contribution >= 4 is 25.3 Å². The molecule has 88 valence electrons. The molecule has 2 nitrogen and oxygen atoms in total. The van der Waals surface area contributed by atoms with Crippen molar-refractivity contribution < 1.29 is 9.47 Å². The van der Waals surface area contributed by atoms with Crippen molar-refractivity contribution in [2.24, 2.45) is 17.8 Å². The molecule has 4 atom stereocenters. The first-order valence-electron chi connectivity index (χ1n) is 5.59.